The van der Waals surface area contributed by atoms with Gasteiger partial charge in [0, 0.05) is 20.1 Å². The molecule has 3 rings (SSSR count). The molecule has 9 nitrogen and oxygen atoms in total. The summed E-state index contributed by atoms with van der Waals surface area (Å²) in [7, 11) is 3.01. The van der Waals surface area contributed by atoms with Crippen LogP contribution < -0.4 is 21.3 Å². The Hall–Kier alpha value is -3.07. The number of imidazole rings is 1. The van der Waals surface area contributed by atoms with E-state index < -0.39 is 17.4 Å². The Morgan fingerprint density at radius 2 is 1.90 bits per heavy atom. The number of para-hydroxylation sites is 1. The Morgan fingerprint density at radius 1 is 1.20 bits per heavy atom. The van der Waals surface area contributed by atoms with Crippen molar-refractivity contribution in [3.05, 3.63) is 50.7 Å². The largest absolute Gasteiger partial charge is 0.491 e. The molecule has 0 aliphatic carbocycles. The summed E-state index contributed by atoms with van der Waals surface area (Å²) in [5.41, 5.74) is 0.613. The Balaban J connectivity index is 1.98. The van der Waals surface area contributed by atoms with Crippen molar-refractivity contribution in [3.63, 3.8) is 0 Å². The van der Waals surface area contributed by atoms with Crippen molar-refractivity contribution in [1.82, 2.24) is 18.7 Å². The number of ether oxygens (including phenoxy) is 1. The first-order chi connectivity index (χ1) is 14.2. The second-order valence-corrected chi connectivity index (χ2v) is 7.61. The van der Waals surface area contributed by atoms with Gasteiger partial charge in [0.15, 0.2) is 11.2 Å². The van der Waals surface area contributed by atoms with Gasteiger partial charge < -0.3 is 19.7 Å². The highest BCUT2D eigenvalue weighted by Gasteiger charge is 2.22. The van der Waals surface area contributed by atoms with Gasteiger partial charge in [-0.3, -0.25) is 13.9 Å². The van der Waals surface area contributed by atoms with E-state index in [2.05, 4.69) is 10.3 Å². The SMILES string of the molecule is CC[C@@H](C)Nc1nc2c(c(=O)n(C)c(=O)n2C)n1C[C@@H](O)COc1ccccc1C. The minimum absolute atomic E-state index is 0.0549. The number of aryl methyl sites for hydroxylation is 2. The molecule has 162 valence electrons. The number of anilines is 1. The van der Waals surface area contributed by atoms with Gasteiger partial charge in [-0.25, -0.2) is 4.79 Å². The van der Waals surface area contributed by atoms with Gasteiger partial charge in [0.1, 0.15) is 18.5 Å². The standard InChI is InChI=1S/C21H29N5O4/c1-6-14(3)22-20-23-18-17(19(28)25(5)21(29)24(18)4)26(20)11-15(27)12-30-16-10-8-7-9-13(16)2/h7-10,14-15,27H,6,11-12H2,1-5H3,(H,22,23)/t14-,15-/m1/s1. The normalized spacial score (nSPS) is 13.4. The van der Waals surface area contributed by atoms with Crippen LogP contribution in [0.15, 0.2) is 33.9 Å². The van der Waals surface area contributed by atoms with Crippen LogP contribution in [0.5, 0.6) is 5.75 Å². The molecule has 2 atom stereocenters. The second-order valence-electron chi connectivity index (χ2n) is 7.61. The highest BCUT2D eigenvalue weighted by molar-refractivity contribution is 5.74. The Morgan fingerprint density at radius 3 is 2.57 bits per heavy atom. The first kappa shape index (κ1) is 21.6. The van der Waals surface area contributed by atoms with Crippen molar-refractivity contribution in [2.75, 3.05) is 11.9 Å². The van der Waals surface area contributed by atoms with Crippen LogP contribution >= 0.6 is 0 Å². The molecule has 0 fully saturated rings. The van der Waals surface area contributed by atoms with Crippen molar-refractivity contribution < 1.29 is 9.84 Å². The molecule has 0 aliphatic heterocycles. The fraction of sp³-hybridized carbons (Fsp3) is 0.476. The van der Waals surface area contributed by atoms with Gasteiger partial charge in [-0.1, -0.05) is 25.1 Å². The monoisotopic (exact) mass is 415 g/mol. The summed E-state index contributed by atoms with van der Waals surface area (Å²) in [4.78, 5) is 29.6. The van der Waals surface area contributed by atoms with Crippen molar-refractivity contribution in [2.45, 2.75) is 45.9 Å². The lowest BCUT2D eigenvalue weighted by Crippen LogP contribution is -2.38. The van der Waals surface area contributed by atoms with Gasteiger partial charge >= 0.3 is 5.69 Å². The van der Waals surface area contributed by atoms with Crippen LogP contribution in [0.4, 0.5) is 5.95 Å². The number of nitrogens with zero attached hydrogens (tertiary/aromatic N) is 4. The van der Waals surface area contributed by atoms with Crippen LogP contribution in [-0.2, 0) is 20.6 Å². The van der Waals surface area contributed by atoms with Crippen molar-refractivity contribution >= 4 is 17.1 Å². The van der Waals surface area contributed by atoms with Crippen LogP contribution in [0, 0.1) is 6.92 Å². The minimum atomic E-state index is -0.888. The van der Waals surface area contributed by atoms with Gasteiger partial charge in [0.2, 0.25) is 5.95 Å². The third kappa shape index (κ3) is 4.11. The summed E-state index contributed by atoms with van der Waals surface area (Å²) in [5.74, 6) is 1.14. The lowest BCUT2D eigenvalue weighted by atomic mass is 10.2. The molecule has 1 aromatic carbocycles. The lowest BCUT2D eigenvalue weighted by molar-refractivity contribution is 0.0934. The summed E-state index contributed by atoms with van der Waals surface area (Å²) in [6.45, 7) is 6.11. The van der Waals surface area contributed by atoms with E-state index in [0.717, 1.165) is 16.6 Å². The van der Waals surface area contributed by atoms with E-state index in [4.69, 9.17) is 4.74 Å². The average Bonchev–Trinajstić information content (AvgIpc) is 3.07. The molecule has 0 aliphatic rings. The summed E-state index contributed by atoms with van der Waals surface area (Å²) in [5, 5.41) is 13.9. The summed E-state index contributed by atoms with van der Waals surface area (Å²) in [6, 6.07) is 7.67. The van der Waals surface area contributed by atoms with E-state index in [0.29, 0.717) is 11.7 Å². The van der Waals surface area contributed by atoms with Crippen LogP contribution in [0.2, 0.25) is 0 Å². The van der Waals surface area contributed by atoms with E-state index >= 15 is 0 Å². The van der Waals surface area contributed by atoms with Gasteiger partial charge in [-0.2, -0.15) is 4.98 Å². The molecular weight excluding hydrogens is 386 g/mol. The van der Waals surface area contributed by atoms with Crippen molar-refractivity contribution in [1.29, 1.82) is 0 Å². The molecule has 0 bridgehead atoms. The predicted octanol–water partition coefficient (Wildman–Crippen LogP) is 1.39. The zero-order chi connectivity index (χ0) is 22.0. The quantitative estimate of drug-likeness (QED) is 0.576. The summed E-state index contributed by atoms with van der Waals surface area (Å²) in [6.07, 6.45) is -0.0412. The fourth-order valence-electron chi connectivity index (χ4n) is 3.22. The summed E-state index contributed by atoms with van der Waals surface area (Å²) < 4.78 is 9.77. The molecule has 2 aromatic heterocycles. The topological polar surface area (TPSA) is 103 Å². The van der Waals surface area contributed by atoms with Crippen molar-refractivity contribution in [3.8, 4) is 5.75 Å². The Kier molecular flexibility index (Phi) is 6.31. The first-order valence-electron chi connectivity index (χ1n) is 10.0. The molecule has 0 amide bonds. The molecule has 30 heavy (non-hydrogen) atoms. The highest BCUT2D eigenvalue weighted by Crippen LogP contribution is 2.19. The lowest BCUT2D eigenvalue weighted by Gasteiger charge is -2.18. The fourth-order valence-corrected chi connectivity index (χ4v) is 3.22. The van der Waals surface area contributed by atoms with E-state index in [1.54, 1.807) is 11.6 Å². The highest BCUT2D eigenvalue weighted by atomic mass is 16.5. The zero-order valence-electron chi connectivity index (χ0n) is 18.0. The molecule has 0 radical (unpaired) electrons. The van der Waals surface area contributed by atoms with E-state index in [1.807, 2.05) is 45.0 Å². The maximum absolute atomic E-state index is 12.8. The number of aliphatic hydroxyl groups is 1. The Labute approximate surface area is 174 Å². The van der Waals surface area contributed by atoms with Crippen LogP contribution in [0.1, 0.15) is 25.8 Å². The number of hydrogen-bond acceptors (Lipinski definition) is 6. The molecule has 9 heteroatoms. The number of fused-ring (bicyclic) bond motifs is 1. The smallest absolute Gasteiger partial charge is 0.332 e. The number of hydrogen-bond donors (Lipinski definition) is 2. The molecule has 0 saturated carbocycles. The number of benzene rings is 1. The molecule has 0 spiro atoms. The second kappa shape index (κ2) is 8.74. The third-order valence-electron chi connectivity index (χ3n) is 5.25. The van der Waals surface area contributed by atoms with E-state index in [1.165, 1.54) is 11.6 Å². The van der Waals surface area contributed by atoms with Gasteiger partial charge in [0.05, 0.1) is 6.54 Å². The van der Waals surface area contributed by atoms with Crippen LogP contribution in [-0.4, -0.2) is 42.5 Å². The van der Waals surface area contributed by atoms with Crippen LogP contribution in [0.25, 0.3) is 11.2 Å². The van der Waals surface area contributed by atoms with E-state index in [9.17, 15) is 14.7 Å². The number of aromatic nitrogens is 4. The first-order valence-corrected chi connectivity index (χ1v) is 10.0. The maximum Gasteiger partial charge on any atom is 0.332 e. The molecular formula is C21H29N5O4. The molecule has 2 heterocycles. The number of rotatable bonds is 8. The minimum Gasteiger partial charge on any atom is -0.491 e. The van der Waals surface area contributed by atoms with Gasteiger partial charge in [0.25, 0.3) is 5.56 Å². The predicted molar refractivity (Wildman–Crippen MR) is 116 cm³/mol. The molecule has 3 aromatic rings. The average molecular weight is 415 g/mol. The van der Waals surface area contributed by atoms with E-state index in [-0.39, 0.29) is 30.4 Å². The number of nitrogens with one attached hydrogen (secondary N) is 1. The molecule has 2 N–H and O–H groups in total. The van der Waals surface area contributed by atoms with Crippen LogP contribution in [0.3, 0.4) is 0 Å². The van der Waals surface area contributed by atoms with Gasteiger partial charge in [-0.15, -0.1) is 0 Å². The zero-order valence-corrected chi connectivity index (χ0v) is 18.0. The molecule has 0 saturated heterocycles. The number of aliphatic hydroxyl groups excluding tert-OH is 1. The summed E-state index contributed by atoms with van der Waals surface area (Å²) >= 11 is 0. The Bertz CT molecular complexity index is 1160. The van der Waals surface area contributed by atoms with Crippen molar-refractivity contribution in [2.24, 2.45) is 14.1 Å². The third-order valence-corrected chi connectivity index (χ3v) is 5.25. The molecule has 0 unspecified atom stereocenters. The van der Waals surface area contributed by atoms with Gasteiger partial charge in [-0.05, 0) is 31.9 Å². The maximum atomic E-state index is 12.8.